The van der Waals surface area contributed by atoms with E-state index in [0.717, 1.165) is 24.2 Å². The van der Waals surface area contributed by atoms with Crippen LogP contribution in [0.5, 0.6) is 17.2 Å². The Bertz CT molecular complexity index is 1130. The molecule has 2 heterocycles. The number of hydrogen-bond acceptors (Lipinski definition) is 4. The van der Waals surface area contributed by atoms with E-state index in [2.05, 4.69) is 13.0 Å². The number of hydrogen-bond donors (Lipinski definition) is 2. The molecule has 0 saturated carbocycles. The van der Waals surface area contributed by atoms with Gasteiger partial charge < -0.3 is 19.2 Å². The van der Waals surface area contributed by atoms with Gasteiger partial charge in [-0.2, -0.15) is 0 Å². The van der Waals surface area contributed by atoms with Crippen LogP contribution in [0.4, 0.5) is 0 Å². The van der Waals surface area contributed by atoms with Gasteiger partial charge in [0.2, 0.25) is 11.2 Å². The van der Waals surface area contributed by atoms with Gasteiger partial charge in [0.1, 0.15) is 23.8 Å². The van der Waals surface area contributed by atoms with Gasteiger partial charge in [-0.05, 0) is 69.0 Å². The van der Waals surface area contributed by atoms with Crippen LogP contribution < -0.4 is 15.1 Å². The van der Waals surface area contributed by atoms with Gasteiger partial charge in [-0.1, -0.05) is 13.0 Å². The highest BCUT2D eigenvalue weighted by atomic mass is 16.5. The molecular weight excluding hydrogens is 378 g/mol. The van der Waals surface area contributed by atoms with Gasteiger partial charge in [-0.25, -0.2) is 0 Å². The smallest absolute Gasteiger partial charge is 0.235 e. The van der Waals surface area contributed by atoms with Crippen molar-refractivity contribution in [1.82, 2.24) is 0 Å². The third-order valence-electron chi connectivity index (χ3n) is 5.97. The average molecular weight is 409 g/mol. The zero-order valence-electron chi connectivity index (χ0n) is 18.2. The fourth-order valence-corrected chi connectivity index (χ4v) is 4.60. The summed E-state index contributed by atoms with van der Waals surface area (Å²) in [7, 11) is 0. The van der Waals surface area contributed by atoms with E-state index in [-0.39, 0.29) is 16.9 Å². The minimum atomic E-state index is -0.212. The molecule has 1 aromatic heterocycles. The number of aryl methyl sites for hydroxylation is 3. The molecule has 2 N–H and O–H groups in total. The van der Waals surface area contributed by atoms with Crippen molar-refractivity contribution < 1.29 is 19.2 Å². The van der Waals surface area contributed by atoms with Crippen LogP contribution in [-0.4, -0.2) is 18.2 Å². The molecule has 3 aromatic rings. The molecule has 1 saturated heterocycles. The highest BCUT2D eigenvalue weighted by molar-refractivity contribution is 5.83. The Labute approximate surface area is 176 Å². The van der Waals surface area contributed by atoms with Crippen molar-refractivity contribution in [3.05, 3.63) is 63.0 Å². The molecular formula is C25H30NO4+. The quantitative estimate of drug-likeness (QED) is 0.684. The number of fused-ring (bicyclic) bond motifs is 1. The van der Waals surface area contributed by atoms with Gasteiger partial charge in [0.15, 0.2) is 5.58 Å². The highest BCUT2D eigenvalue weighted by Gasteiger charge is 2.24. The lowest BCUT2D eigenvalue weighted by Gasteiger charge is -2.28. The first kappa shape index (κ1) is 20.5. The molecule has 1 aliphatic rings. The second-order valence-corrected chi connectivity index (χ2v) is 8.81. The number of phenols is 1. The van der Waals surface area contributed by atoms with Crippen LogP contribution in [-0.2, 0) is 6.54 Å². The molecule has 5 heteroatoms. The molecule has 1 aliphatic heterocycles. The normalized spacial score (nSPS) is 19.2. The largest absolute Gasteiger partial charge is 0.507 e. The zero-order chi connectivity index (χ0) is 21.4. The van der Waals surface area contributed by atoms with E-state index in [4.69, 9.17) is 9.15 Å². The van der Waals surface area contributed by atoms with Crippen molar-refractivity contribution in [3.63, 3.8) is 0 Å². The molecule has 2 aromatic carbocycles. The number of likely N-dealkylation sites (tertiary alicyclic amines) is 1. The molecule has 4 rings (SSSR count). The number of piperidine rings is 1. The first-order valence-electron chi connectivity index (χ1n) is 10.7. The summed E-state index contributed by atoms with van der Waals surface area (Å²) in [5, 5.41) is 11.0. The van der Waals surface area contributed by atoms with Crippen molar-refractivity contribution in [2.24, 2.45) is 5.92 Å². The summed E-state index contributed by atoms with van der Waals surface area (Å²) in [6, 6.07) is 9.08. The van der Waals surface area contributed by atoms with Gasteiger partial charge in [0.05, 0.1) is 24.0 Å². The Kier molecular flexibility index (Phi) is 5.56. The summed E-state index contributed by atoms with van der Waals surface area (Å²) >= 11 is 0. The summed E-state index contributed by atoms with van der Waals surface area (Å²) in [6.45, 7) is 10.8. The maximum Gasteiger partial charge on any atom is 0.235 e. The van der Waals surface area contributed by atoms with Crippen LogP contribution in [0.2, 0.25) is 0 Å². The van der Waals surface area contributed by atoms with E-state index >= 15 is 0 Å². The SMILES string of the molecule is Cc1cc(C)cc(Oc2c(C)oc3c(C[NH+]4CCC[C@@H](C)C4)c(O)ccc3c2=O)c1. The summed E-state index contributed by atoms with van der Waals surface area (Å²) in [5.41, 5.74) is 3.10. The number of ether oxygens (including phenoxy) is 1. The van der Waals surface area contributed by atoms with Gasteiger partial charge in [-0.15, -0.1) is 0 Å². The third kappa shape index (κ3) is 4.08. The van der Waals surface area contributed by atoms with E-state index < -0.39 is 0 Å². The summed E-state index contributed by atoms with van der Waals surface area (Å²) in [6.07, 6.45) is 2.43. The minimum Gasteiger partial charge on any atom is -0.507 e. The van der Waals surface area contributed by atoms with Gasteiger partial charge in [-0.3, -0.25) is 4.79 Å². The fourth-order valence-electron chi connectivity index (χ4n) is 4.60. The lowest BCUT2D eigenvalue weighted by atomic mass is 9.99. The Morgan fingerprint density at radius 2 is 1.90 bits per heavy atom. The first-order chi connectivity index (χ1) is 14.3. The third-order valence-corrected chi connectivity index (χ3v) is 5.97. The predicted octanol–water partition coefficient (Wildman–Crippen LogP) is 4.03. The zero-order valence-corrected chi connectivity index (χ0v) is 18.2. The predicted molar refractivity (Wildman–Crippen MR) is 118 cm³/mol. The van der Waals surface area contributed by atoms with Crippen LogP contribution in [0.25, 0.3) is 11.0 Å². The van der Waals surface area contributed by atoms with Crippen LogP contribution in [0.1, 0.15) is 42.2 Å². The van der Waals surface area contributed by atoms with Crippen LogP contribution in [0, 0.1) is 26.7 Å². The van der Waals surface area contributed by atoms with E-state index in [0.29, 0.717) is 40.5 Å². The van der Waals surface area contributed by atoms with Gasteiger partial charge >= 0.3 is 0 Å². The molecule has 0 radical (unpaired) electrons. The number of benzene rings is 2. The maximum atomic E-state index is 13.3. The fraction of sp³-hybridized carbons (Fsp3) is 0.400. The first-order valence-corrected chi connectivity index (χ1v) is 10.7. The number of aromatic hydroxyl groups is 1. The van der Waals surface area contributed by atoms with Gasteiger partial charge in [0, 0.05) is 5.92 Å². The Balaban J connectivity index is 1.75. The van der Waals surface area contributed by atoms with Crippen molar-refractivity contribution in [1.29, 1.82) is 0 Å². The number of quaternary nitrogens is 1. The molecule has 0 spiro atoms. The van der Waals surface area contributed by atoms with Crippen molar-refractivity contribution in [2.45, 2.75) is 47.1 Å². The molecule has 158 valence electrons. The Morgan fingerprint density at radius 3 is 2.60 bits per heavy atom. The van der Waals surface area contributed by atoms with Crippen LogP contribution >= 0.6 is 0 Å². The van der Waals surface area contributed by atoms with E-state index in [9.17, 15) is 9.90 Å². The maximum absolute atomic E-state index is 13.3. The summed E-state index contributed by atoms with van der Waals surface area (Å²) in [4.78, 5) is 14.7. The molecule has 30 heavy (non-hydrogen) atoms. The summed E-state index contributed by atoms with van der Waals surface area (Å²) < 4.78 is 12.1. The molecule has 5 nitrogen and oxygen atoms in total. The number of nitrogens with one attached hydrogen (secondary N) is 1. The second-order valence-electron chi connectivity index (χ2n) is 8.81. The standard InChI is InChI=1S/C25H29NO4/c1-15-6-5-9-26(13-15)14-21-22(27)8-7-20-23(28)24(18(4)29-25(20)21)30-19-11-16(2)10-17(3)12-19/h7-8,10-12,15,27H,5-6,9,13-14H2,1-4H3/p+1/t15-/m1/s1. The van der Waals surface area contributed by atoms with Crippen molar-refractivity contribution in [3.8, 4) is 17.2 Å². The number of phenolic OH excluding ortho intramolecular Hbond substituents is 1. The van der Waals surface area contributed by atoms with E-state index in [1.807, 2.05) is 26.0 Å². The monoisotopic (exact) mass is 408 g/mol. The molecule has 0 amide bonds. The summed E-state index contributed by atoms with van der Waals surface area (Å²) in [5.74, 6) is 2.08. The highest BCUT2D eigenvalue weighted by Crippen LogP contribution is 2.31. The molecule has 2 atom stereocenters. The second kappa shape index (κ2) is 8.15. The van der Waals surface area contributed by atoms with Gasteiger partial charge in [0.25, 0.3) is 0 Å². The Hall–Kier alpha value is -2.79. The lowest BCUT2D eigenvalue weighted by Crippen LogP contribution is -3.12. The average Bonchev–Trinajstić information content (AvgIpc) is 2.67. The van der Waals surface area contributed by atoms with Crippen molar-refractivity contribution >= 4 is 11.0 Å². The molecule has 1 fully saturated rings. The number of rotatable bonds is 4. The minimum absolute atomic E-state index is 0.179. The van der Waals surface area contributed by atoms with E-state index in [1.54, 1.807) is 19.1 Å². The Morgan fingerprint density at radius 1 is 1.17 bits per heavy atom. The van der Waals surface area contributed by atoms with Crippen molar-refractivity contribution in [2.75, 3.05) is 13.1 Å². The molecule has 1 unspecified atom stereocenters. The molecule has 0 aliphatic carbocycles. The van der Waals surface area contributed by atoms with Crippen LogP contribution in [0.3, 0.4) is 0 Å². The van der Waals surface area contributed by atoms with Crippen LogP contribution in [0.15, 0.2) is 39.5 Å². The molecule has 0 bridgehead atoms. The van der Waals surface area contributed by atoms with E-state index in [1.165, 1.54) is 17.7 Å². The topological polar surface area (TPSA) is 64.1 Å². The lowest BCUT2D eigenvalue weighted by molar-refractivity contribution is -0.922.